The van der Waals surface area contributed by atoms with Gasteiger partial charge in [0.2, 0.25) is 5.91 Å². The number of halogens is 3. The normalized spacial score (nSPS) is 13.2. The lowest BCUT2D eigenvalue weighted by Crippen LogP contribution is -2.35. The topological polar surface area (TPSA) is 55.1 Å². The van der Waals surface area contributed by atoms with Gasteiger partial charge in [-0.2, -0.15) is 13.2 Å². The SMILES string of the molecule is N[C@H](C(=O)NCCC(F)(F)F)c1ccccc1. The van der Waals surface area contributed by atoms with Crippen LogP contribution in [0.15, 0.2) is 30.3 Å². The Morgan fingerprint density at radius 2 is 1.88 bits per heavy atom. The third kappa shape index (κ3) is 4.86. The van der Waals surface area contributed by atoms with Gasteiger partial charge in [0.1, 0.15) is 6.04 Å². The molecule has 0 saturated heterocycles. The van der Waals surface area contributed by atoms with Crippen LogP contribution in [0.1, 0.15) is 18.0 Å². The van der Waals surface area contributed by atoms with Crippen LogP contribution in [0.4, 0.5) is 13.2 Å². The molecule has 94 valence electrons. The molecule has 0 aliphatic carbocycles. The van der Waals surface area contributed by atoms with Gasteiger partial charge in [-0.25, -0.2) is 0 Å². The first-order chi connectivity index (χ1) is 7.90. The van der Waals surface area contributed by atoms with Crippen molar-refractivity contribution in [3.05, 3.63) is 35.9 Å². The fraction of sp³-hybridized carbons (Fsp3) is 0.364. The van der Waals surface area contributed by atoms with Gasteiger partial charge in [0.25, 0.3) is 0 Å². The zero-order chi connectivity index (χ0) is 12.9. The average Bonchev–Trinajstić information content (AvgIpc) is 2.27. The van der Waals surface area contributed by atoms with E-state index in [1.54, 1.807) is 30.3 Å². The zero-order valence-corrected chi connectivity index (χ0v) is 9.00. The smallest absolute Gasteiger partial charge is 0.354 e. The highest BCUT2D eigenvalue weighted by Crippen LogP contribution is 2.18. The summed E-state index contributed by atoms with van der Waals surface area (Å²) in [6.45, 7) is -0.455. The quantitative estimate of drug-likeness (QED) is 0.850. The zero-order valence-electron chi connectivity index (χ0n) is 9.00. The number of amides is 1. The number of nitrogens with one attached hydrogen (secondary N) is 1. The van der Waals surface area contributed by atoms with Gasteiger partial charge in [-0.05, 0) is 5.56 Å². The van der Waals surface area contributed by atoms with Crippen LogP contribution in [0.2, 0.25) is 0 Å². The fourth-order valence-electron chi connectivity index (χ4n) is 1.25. The highest BCUT2D eigenvalue weighted by atomic mass is 19.4. The van der Waals surface area contributed by atoms with Crippen LogP contribution in [0.3, 0.4) is 0 Å². The maximum Gasteiger partial charge on any atom is 0.390 e. The molecule has 0 heterocycles. The summed E-state index contributed by atoms with van der Waals surface area (Å²) in [5.41, 5.74) is 6.16. The van der Waals surface area contributed by atoms with E-state index in [0.29, 0.717) is 5.56 Å². The Kier molecular flexibility index (Phi) is 4.51. The molecule has 0 saturated carbocycles. The predicted octanol–water partition coefficient (Wildman–Crippen LogP) is 1.75. The van der Waals surface area contributed by atoms with E-state index in [4.69, 9.17) is 5.73 Å². The minimum absolute atomic E-state index is 0.455. The predicted molar refractivity (Wildman–Crippen MR) is 57.1 cm³/mol. The van der Waals surface area contributed by atoms with Crippen molar-refractivity contribution in [2.45, 2.75) is 18.6 Å². The molecule has 1 aromatic carbocycles. The summed E-state index contributed by atoms with van der Waals surface area (Å²) in [6.07, 6.45) is -5.33. The summed E-state index contributed by atoms with van der Waals surface area (Å²) in [5, 5.41) is 2.15. The number of hydrogen-bond donors (Lipinski definition) is 2. The first kappa shape index (κ1) is 13.5. The van der Waals surface area contributed by atoms with Crippen molar-refractivity contribution >= 4 is 5.91 Å². The Hall–Kier alpha value is -1.56. The molecule has 6 heteroatoms. The molecule has 1 amide bonds. The molecule has 1 atom stereocenters. The molecule has 1 aromatic rings. The minimum Gasteiger partial charge on any atom is -0.354 e. The largest absolute Gasteiger partial charge is 0.390 e. The summed E-state index contributed by atoms with van der Waals surface area (Å²) in [6, 6.07) is 7.53. The van der Waals surface area contributed by atoms with Gasteiger partial charge < -0.3 is 11.1 Å². The Morgan fingerprint density at radius 3 is 2.41 bits per heavy atom. The number of hydrogen-bond acceptors (Lipinski definition) is 2. The van der Waals surface area contributed by atoms with Crippen LogP contribution in [-0.4, -0.2) is 18.6 Å². The van der Waals surface area contributed by atoms with Crippen molar-refractivity contribution in [2.24, 2.45) is 5.73 Å². The molecule has 0 aliphatic heterocycles. The van der Waals surface area contributed by atoms with Crippen molar-refractivity contribution in [2.75, 3.05) is 6.54 Å². The molecule has 1 rings (SSSR count). The number of nitrogens with two attached hydrogens (primary N) is 1. The number of rotatable bonds is 4. The number of carbonyl (C=O) groups excluding carboxylic acids is 1. The first-order valence-corrected chi connectivity index (χ1v) is 5.05. The van der Waals surface area contributed by atoms with Crippen molar-refractivity contribution in [1.29, 1.82) is 0 Å². The van der Waals surface area contributed by atoms with E-state index in [1.165, 1.54) is 0 Å². The van der Waals surface area contributed by atoms with Gasteiger partial charge in [-0.1, -0.05) is 30.3 Å². The first-order valence-electron chi connectivity index (χ1n) is 5.05. The maximum absolute atomic E-state index is 11.8. The summed E-state index contributed by atoms with van der Waals surface area (Å²) < 4.78 is 35.5. The number of carbonyl (C=O) groups is 1. The summed E-state index contributed by atoms with van der Waals surface area (Å²) in [7, 11) is 0. The van der Waals surface area contributed by atoms with E-state index in [-0.39, 0.29) is 0 Å². The maximum atomic E-state index is 11.8. The van der Waals surface area contributed by atoms with Crippen LogP contribution in [0, 0.1) is 0 Å². The summed E-state index contributed by atoms with van der Waals surface area (Å²) in [5.74, 6) is -0.611. The lowest BCUT2D eigenvalue weighted by molar-refractivity contribution is -0.135. The van der Waals surface area contributed by atoms with Gasteiger partial charge in [0, 0.05) is 6.54 Å². The van der Waals surface area contributed by atoms with E-state index < -0.39 is 31.1 Å². The van der Waals surface area contributed by atoms with Crippen molar-refractivity contribution in [3.8, 4) is 0 Å². The van der Waals surface area contributed by atoms with Crippen molar-refractivity contribution in [3.63, 3.8) is 0 Å². The van der Waals surface area contributed by atoms with E-state index in [0.717, 1.165) is 0 Å². The Labute approximate surface area is 96.8 Å². The molecule has 3 nitrogen and oxygen atoms in total. The van der Waals surface area contributed by atoms with Crippen LogP contribution >= 0.6 is 0 Å². The Balaban J connectivity index is 2.43. The van der Waals surface area contributed by atoms with Crippen LogP contribution in [-0.2, 0) is 4.79 Å². The molecule has 0 fully saturated rings. The molecule has 0 spiro atoms. The third-order valence-electron chi connectivity index (χ3n) is 2.15. The third-order valence-corrected chi connectivity index (χ3v) is 2.15. The monoisotopic (exact) mass is 246 g/mol. The molecule has 0 aromatic heterocycles. The molecule has 17 heavy (non-hydrogen) atoms. The van der Waals surface area contributed by atoms with Gasteiger partial charge >= 0.3 is 6.18 Å². The van der Waals surface area contributed by atoms with Crippen molar-refractivity contribution < 1.29 is 18.0 Å². The van der Waals surface area contributed by atoms with Crippen molar-refractivity contribution in [1.82, 2.24) is 5.32 Å². The van der Waals surface area contributed by atoms with Gasteiger partial charge in [-0.15, -0.1) is 0 Å². The molecule has 0 aliphatic rings. The van der Waals surface area contributed by atoms with E-state index >= 15 is 0 Å². The van der Waals surface area contributed by atoms with Crippen LogP contribution in [0.5, 0.6) is 0 Å². The second kappa shape index (κ2) is 5.67. The minimum atomic E-state index is -4.27. The summed E-state index contributed by atoms with van der Waals surface area (Å²) in [4.78, 5) is 11.4. The lowest BCUT2D eigenvalue weighted by atomic mass is 10.1. The van der Waals surface area contributed by atoms with E-state index in [9.17, 15) is 18.0 Å². The summed E-state index contributed by atoms with van der Waals surface area (Å²) >= 11 is 0. The molecule has 0 bridgehead atoms. The second-order valence-electron chi connectivity index (χ2n) is 3.54. The second-order valence-corrected chi connectivity index (χ2v) is 3.54. The highest BCUT2D eigenvalue weighted by molar-refractivity contribution is 5.82. The van der Waals surface area contributed by atoms with Crippen LogP contribution in [0.25, 0.3) is 0 Å². The van der Waals surface area contributed by atoms with E-state index in [1.807, 2.05) is 0 Å². The molecule has 0 radical (unpaired) electrons. The van der Waals surface area contributed by atoms with E-state index in [2.05, 4.69) is 5.32 Å². The number of alkyl halides is 3. The lowest BCUT2D eigenvalue weighted by Gasteiger charge is -2.13. The van der Waals surface area contributed by atoms with Gasteiger partial charge in [0.15, 0.2) is 0 Å². The van der Waals surface area contributed by atoms with Gasteiger partial charge in [-0.3, -0.25) is 4.79 Å². The molecular weight excluding hydrogens is 233 g/mol. The average molecular weight is 246 g/mol. The van der Waals surface area contributed by atoms with Crippen LogP contribution < -0.4 is 11.1 Å². The molecule has 3 N–H and O–H groups in total. The molecule has 0 unspecified atom stereocenters. The molecular formula is C11H13F3N2O. The Bertz CT molecular complexity index is 365. The Morgan fingerprint density at radius 1 is 1.29 bits per heavy atom. The fourth-order valence-corrected chi connectivity index (χ4v) is 1.25. The highest BCUT2D eigenvalue weighted by Gasteiger charge is 2.27. The standard InChI is InChI=1S/C11H13F3N2O/c12-11(13,14)6-7-16-10(17)9(15)8-4-2-1-3-5-8/h1-5,9H,6-7,15H2,(H,16,17)/t9-/m0/s1. The number of benzene rings is 1. The van der Waals surface area contributed by atoms with Gasteiger partial charge in [0.05, 0.1) is 6.42 Å².